The van der Waals surface area contributed by atoms with Gasteiger partial charge in [-0.05, 0) is 98.4 Å². The zero-order chi connectivity index (χ0) is 46.8. The molecule has 3 heteroatoms. The van der Waals surface area contributed by atoms with Crippen molar-refractivity contribution in [3.05, 3.63) is 267 Å². The van der Waals surface area contributed by atoms with Gasteiger partial charge in [0.05, 0.1) is 28.1 Å². The number of benzene rings is 12. The van der Waals surface area contributed by atoms with E-state index in [2.05, 4.69) is 270 Å². The second kappa shape index (κ2) is 16.7. The summed E-state index contributed by atoms with van der Waals surface area (Å²) in [6.07, 6.45) is 0. The summed E-state index contributed by atoms with van der Waals surface area (Å²) in [5.41, 5.74) is 17.5. The van der Waals surface area contributed by atoms with Gasteiger partial charge < -0.3 is 13.9 Å². The van der Waals surface area contributed by atoms with E-state index in [0.29, 0.717) is 0 Å². The van der Waals surface area contributed by atoms with Crippen LogP contribution in [-0.4, -0.2) is 4.57 Å². The van der Waals surface area contributed by atoms with Gasteiger partial charge in [0.2, 0.25) is 0 Å². The normalized spacial score (nSPS) is 11.7. The van der Waals surface area contributed by atoms with Crippen LogP contribution in [0.4, 0.5) is 17.1 Å². The van der Waals surface area contributed by atoms with E-state index in [4.69, 9.17) is 4.42 Å². The Labute approximate surface area is 411 Å². The van der Waals surface area contributed by atoms with E-state index in [1.807, 2.05) is 6.07 Å². The molecule has 0 fully saturated rings. The van der Waals surface area contributed by atoms with Gasteiger partial charge in [0.15, 0.2) is 0 Å². The Balaban J connectivity index is 0.942. The number of furan rings is 1. The molecule has 0 aliphatic carbocycles. The van der Waals surface area contributed by atoms with Crippen molar-refractivity contribution < 1.29 is 4.42 Å². The average molecular weight is 905 g/mol. The smallest absolute Gasteiger partial charge is 0.143 e. The molecule has 2 heterocycles. The molecule has 0 amide bonds. The van der Waals surface area contributed by atoms with Crippen LogP contribution in [0.15, 0.2) is 271 Å². The summed E-state index contributed by atoms with van der Waals surface area (Å²) in [6.45, 7) is 0. The van der Waals surface area contributed by atoms with Crippen molar-refractivity contribution in [2.45, 2.75) is 0 Å². The van der Waals surface area contributed by atoms with Crippen molar-refractivity contribution >= 4 is 82.4 Å². The number of hydrogen-bond donors (Lipinski definition) is 0. The van der Waals surface area contributed by atoms with E-state index in [1.165, 1.54) is 60.0 Å². The van der Waals surface area contributed by atoms with Gasteiger partial charge in [-0.3, -0.25) is 0 Å². The highest BCUT2D eigenvalue weighted by Gasteiger charge is 2.24. The molecule has 12 aromatic carbocycles. The molecule has 332 valence electrons. The molecule has 0 saturated carbocycles. The molecule has 0 bridgehead atoms. The fourth-order valence-electron chi connectivity index (χ4n) is 11.2. The summed E-state index contributed by atoms with van der Waals surface area (Å²) < 4.78 is 9.14. The first-order chi connectivity index (χ1) is 35.2. The number of anilines is 3. The number of aromatic nitrogens is 1. The first-order valence-electron chi connectivity index (χ1n) is 24.3. The average Bonchev–Trinajstić information content (AvgIpc) is 4.00. The number of hydrogen-bond acceptors (Lipinski definition) is 2. The first-order valence-corrected chi connectivity index (χ1v) is 24.3. The van der Waals surface area contributed by atoms with Gasteiger partial charge in [-0.1, -0.05) is 212 Å². The number of nitrogens with zero attached hydrogens (tertiary/aromatic N) is 2. The Morgan fingerprint density at radius 3 is 1.59 bits per heavy atom. The Hall–Kier alpha value is -9.44. The lowest BCUT2D eigenvalue weighted by Crippen LogP contribution is -2.12. The first kappa shape index (κ1) is 40.6. The van der Waals surface area contributed by atoms with Crippen molar-refractivity contribution in [3.8, 4) is 50.2 Å². The van der Waals surface area contributed by atoms with Crippen LogP contribution in [0.1, 0.15) is 0 Å². The van der Waals surface area contributed by atoms with Gasteiger partial charge in [0.25, 0.3) is 0 Å². The molecule has 0 radical (unpaired) electrons. The van der Waals surface area contributed by atoms with Crippen LogP contribution in [0.5, 0.6) is 0 Å². The number of para-hydroxylation sites is 7. The van der Waals surface area contributed by atoms with Crippen LogP contribution < -0.4 is 4.90 Å². The minimum atomic E-state index is 0.879. The lowest BCUT2D eigenvalue weighted by atomic mass is 9.93. The van der Waals surface area contributed by atoms with Crippen molar-refractivity contribution in [2.24, 2.45) is 0 Å². The summed E-state index contributed by atoms with van der Waals surface area (Å²) in [5, 5.41) is 9.68. The van der Waals surface area contributed by atoms with E-state index in [0.717, 1.165) is 72.5 Å². The molecular weight excluding hydrogens is 861 g/mol. The molecule has 14 aromatic rings. The van der Waals surface area contributed by atoms with Crippen LogP contribution >= 0.6 is 0 Å². The fraction of sp³-hybridized carbons (Fsp3) is 0. The molecule has 3 nitrogen and oxygen atoms in total. The maximum atomic E-state index is 6.72. The highest BCUT2D eigenvalue weighted by Crippen LogP contribution is 2.48. The quantitative estimate of drug-likeness (QED) is 0.142. The van der Waals surface area contributed by atoms with Crippen molar-refractivity contribution in [1.29, 1.82) is 0 Å². The van der Waals surface area contributed by atoms with Gasteiger partial charge >= 0.3 is 0 Å². The number of rotatable bonds is 8. The minimum Gasteiger partial charge on any atom is -0.455 e. The predicted octanol–water partition coefficient (Wildman–Crippen LogP) is 19.1. The Bertz CT molecular complexity index is 4310. The van der Waals surface area contributed by atoms with E-state index in [9.17, 15) is 0 Å². The van der Waals surface area contributed by atoms with Crippen molar-refractivity contribution in [2.75, 3.05) is 4.90 Å². The lowest BCUT2D eigenvalue weighted by molar-refractivity contribution is 0.670. The third-order valence-corrected chi connectivity index (χ3v) is 14.4. The van der Waals surface area contributed by atoms with Gasteiger partial charge in [-0.15, -0.1) is 0 Å². The zero-order valence-electron chi connectivity index (χ0n) is 38.7. The fourth-order valence-corrected chi connectivity index (χ4v) is 11.2. The van der Waals surface area contributed by atoms with Gasteiger partial charge in [-0.25, -0.2) is 0 Å². The summed E-state index contributed by atoms with van der Waals surface area (Å²) in [6, 6.07) is 96.7. The SMILES string of the molecule is c1ccc(-c2ccccc2-n2c3ccccc3c3ccccc32)c(-c2ccc(N(c3ccccc3-c3ccc4c(ccc5ccccc54)c3)c3ccccc3-c3cccc4c3oc3ccccc34)cc2)c1. The van der Waals surface area contributed by atoms with Crippen LogP contribution in [0, 0.1) is 0 Å². The molecule has 0 aliphatic heterocycles. The highest BCUT2D eigenvalue weighted by atomic mass is 16.3. The van der Waals surface area contributed by atoms with Crippen LogP contribution in [0.25, 0.3) is 115 Å². The summed E-state index contributed by atoms with van der Waals surface area (Å²) in [5.74, 6) is 0. The molecule has 0 unspecified atom stereocenters. The zero-order valence-corrected chi connectivity index (χ0v) is 38.7. The summed E-state index contributed by atoms with van der Waals surface area (Å²) >= 11 is 0. The maximum Gasteiger partial charge on any atom is 0.143 e. The molecule has 0 spiro atoms. The second-order valence-corrected chi connectivity index (χ2v) is 18.4. The van der Waals surface area contributed by atoms with Crippen LogP contribution in [0.2, 0.25) is 0 Å². The molecule has 71 heavy (non-hydrogen) atoms. The molecule has 14 rings (SSSR count). The highest BCUT2D eigenvalue weighted by molar-refractivity contribution is 6.13. The van der Waals surface area contributed by atoms with Crippen molar-refractivity contribution in [3.63, 3.8) is 0 Å². The Morgan fingerprint density at radius 2 is 0.817 bits per heavy atom. The molecule has 0 saturated heterocycles. The molecule has 0 N–H and O–H groups in total. The largest absolute Gasteiger partial charge is 0.455 e. The van der Waals surface area contributed by atoms with E-state index in [-0.39, 0.29) is 0 Å². The predicted molar refractivity (Wildman–Crippen MR) is 299 cm³/mol. The topological polar surface area (TPSA) is 21.3 Å². The van der Waals surface area contributed by atoms with Crippen LogP contribution in [-0.2, 0) is 0 Å². The third-order valence-electron chi connectivity index (χ3n) is 14.4. The molecular formula is C68H44N2O. The molecule has 2 aromatic heterocycles. The van der Waals surface area contributed by atoms with Gasteiger partial charge in [-0.2, -0.15) is 0 Å². The Kier molecular flexibility index (Phi) is 9.53. The minimum absolute atomic E-state index is 0.879. The lowest BCUT2D eigenvalue weighted by Gasteiger charge is -2.30. The second-order valence-electron chi connectivity index (χ2n) is 18.4. The Morgan fingerprint density at radius 1 is 0.296 bits per heavy atom. The third kappa shape index (κ3) is 6.66. The van der Waals surface area contributed by atoms with E-state index < -0.39 is 0 Å². The van der Waals surface area contributed by atoms with Gasteiger partial charge in [0.1, 0.15) is 11.2 Å². The number of fused-ring (bicyclic) bond motifs is 9. The molecule has 0 aliphatic rings. The van der Waals surface area contributed by atoms with E-state index >= 15 is 0 Å². The maximum absolute atomic E-state index is 6.72. The van der Waals surface area contributed by atoms with Crippen molar-refractivity contribution in [1.82, 2.24) is 4.57 Å². The van der Waals surface area contributed by atoms with Crippen LogP contribution in [0.3, 0.4) is 0 Å². The standard InChI is InChI=1S/C68H44N2O/c1-2-19-50-45(18-1)36-37-47-44-48(40-43-52(47)50)53-21-5-11-30-62(53)69(63-31-12-9-26-58(63)60-28-17-29-61-59-27-10-16-35-67(59)71-68(60)61)49-41-38-46(39-42-49)51-20-3-4-22-54(51)55-23-6-13-32-64(55)70-65-33-14-7-24-56(65)57-25-8-15-34-66(57)70/h1-44H. The summed E-state index contributed by atoms with van der Waals surface area (Å²) in [4.78, 5) is 2.43. The van der Waals surface area contributed by atoms with Gasteiger partial charge in [0, 0.05) is 49.5 Å². The monoisotopic (exact) mass is 904 g/mol. The molecule has 0 atom stereocenters. The summed E-state index contributed by atoms with van der Waals surface area (Å²) in [7, 11) is 0. The van der Waals surface area contributed by atoms with E-state index in [1.54, 1.807) is 0 Å².